The topological polar surface area (TPSA) is 97.4 Å². The molecule has 0 saturated carbocycles. The number of esters is 3. The molecule has 32 heavy (non-hydrogen) atoms. The van der Waals surface area contributed by atoms with E-state index in [0.717, 1.165) is 0 Å². The van der Waals surface area contributed by atoms with E-state index in [0.29, 0.717) is 5.76 Å². The van der Waals surface area contributed by atoms with Gasteiger partial charge in [-0.2, -0.15) is 0 Å². The Morgan fingerprint density at radius 2 is 1.16 bits per heavy atom. The van der Waals surface area contributed by atoms with Gasteiger partial charge in [0.1, 0.15) is 0 Å². The van der Waals surface area contributed by atoms with E-state index < -0.39 is 66.4 Å². The Bertz CT molecular complexity index is 731. The van der Waals surface area contributed by atoms with Crippen LogP contribution in [0.3, 0.4) is 0 Å². The molecule has 1 saturated heterocycles. The molecule has 8 heteroatoms. The molecule has 180 valence electrons. The average Bonchev–Trinajstić information content (AvgIpc) is 2.70. The molecule has 0 aromatic carbocycles. The molecule has 1 heterocycles. The summed E-state index contributed by atoms with van der Waals surface area (Å²) in [6.45, 7) is 17.5. The second-order valence-corrected chi connectivity index (χ2v) is 9.00. The highest BCUT2D eigenvalue weighted by molar-refractivity contribution is 5.73. The third-order valence-corrected chi connectivity index (χ3v) is 4.74. The monoisotopic (exact) mass is 452 g/mol. The van der Waals surface area contributed by atoms with Gasteiger partial charge >= 0.3 is 17.9 Å². The molecule has 0 amide bonds. The van der Waals surface area contributed by atoms with Gasteiger partial charge in [0.2, 0.25) is 12.4 Å². The van der Waals surface area contributed by atoms with Crippen molar-refractivity contribution in [1.29, 1.82) is 0 Å². The van der Waals surface area contributed by atoms with Gasteiger partial charge in [-0.05, 0) is 0 Å². The Morgan fingerprint density at radius 3 is 1.56 bits per heavy atom. The highest BCUT2D eigenvalue weighted by Gasteiger charge is 2.53. The van der Waals surface area contributed by atoms with Crippen LogP contribution in [0.15, 0.2) is 12.3 Å². The van der Waals surface area contributed by atoms with E-state index in [2.05, 4.69) is 12.5 Å². The summed E-state index contributed by atoms with van der Waals surface area (Å²) in [5, 5.41) is 0. The Labute approximate surface area is 190 Å². The van der Waals surface area contributed by atoms with E-state index in [-0.39, 0.29) is 5.92 Å². The van der Waals surface area contributed by atoms with Gasteiger partial charge in [-0.25, -0.2) is 0 Å². The van der Waals surface area contributed by atoms with Crippen molar-refractivity contribution in [2.45, 2.75) is 86.1 Å². The normalized spacial score (nSPS) is 25.4. The number of rotatable bonds is 9. The summed E-state index contributed by atoms with van der Waals surface area (Å²) in [5.41, 5.74) is 0. The van der Waals surface area contributed by atoms with Crippen molar-refractivity contribution in [3.63, 3.8) is 0 Å². The smallest absolute Gasteiger partial charge is 0.310 e. The maximum atomic E-state index is 12.5. The van der Waals surface area contributed by atoms with Gasteiger partial charge in [-0.15, -0.1) is 6.42 Å². The van der Waals surface area contributed by atoms with Crippen molar-refractivity contribution in [1.82, 2.24) is 0 Å². The summed E-state index contributed by atoms with van der Waals surface area (Å²) < 4.78 is 28.5. The molecule has 1 aliphatic heterocycles. The second kappa shape index (κ2) is 11.9. The predicted molar refractivity (Wildman–Crippen MR) is 117 cm³/mol. The summed E-state index contributed by atoms with van der Waals surface area (Å²) in [4.78, 5) is 37.3. The molecule has 0 N–H and O–H groups in total. The lowest BCUT2D eigenvalue weighted by molar-refractivity contribution is -0.289. The molecule has 1 rings (SSSR count). The van der Waals surface area contributed by atoms with Crippen LogP contribution in [0.5, 0.6) is 0 Å². The maximum absolute atomic E-state index is 12.5. The van der Waals surface area contributed by atoms with Crippen molar-refractivity contribution in [2.75, 3.05) is 0 Å². The number of ether oxygens (including phenoxy) is 5. The molecular formula is C24H36O8. The van der Waals surface area contributed by atoms with Gasteiger partial charge in [-0.1, -0.05) is 67.9 Å². The number of carbonyl (C=O) groups excluding carboxylic acids is 3. The third kappa shape index (κ3) is 7.27. The zero-order chi connectivity index (χ0) is 24.7. The van der Waals surface area contributed by atoms with Crippen molar-refractivity contribution >= 4 is 17.9 Å². The summed E-state index contributed by atoms with van der Waals surface area (Å²) in [6, 6.07) is 0. The van der Waals surface area contributed by atoms with E-state index in [1.807, 2.05) is 13.8 Å². The standard InChI is InChI=1S/C24H36O8/c1-11-17-18(28-16(10)12(2)3)19(30-21(25)13(4)5)20(31-22(26)14(6)7)24(29-17)32-23(27)15(8)9/h1,12-15,17-20,24H,10H2,2-9H3/t17-,18+,19+,20-,24-/m0/s1. The van der Waals surface area contributed by atoms with Crippen molar-refractivity contribution in [3.8, 4) is 12.3 Å². The SMILES string of the molecule is C#C[C@@H]1O[C@@H](OC(=O)C(C)C)[C@@H](OC(=O)C(C)C)[C@H](OC(=O)C(C)C)[C@@H]1OC(=C)C(C)C. The highest BCUT2D eigenvalue weighted by atomic mass is 16.7. The number of terminal acetylenes is 1. The van der Waals surface area contributed by atoms with Gasteiger partial charge in [0, 0.05) is 5.92 Å². The van der Waals surface area contributed by atoms with Crippen LogP contribution in [0, 0.1) is 36.0 Å². The molecule has 1 aliphatic rings. The minimum atomic E-state index is -1.38. The molecule has 0 spiro atoms. The van der Waals surface area contributed by atoms with E-state index in [1.165, 1.54) is 0 Å². The molecule has 0 aromatic rings. The lowest BCUT2D eigenvalue weighted by Crippen LogP contribution is -2.62. The fourth-order valence-corrected chi connectivity index (χ4v) is 2.53. The van der Waals surface area contributed by atoms with Crippen molar-refractivity contribution < 1.29 is 38.1 Å². The summed E-state index contributed by atoms with van der Waals surface area (Å²) >= 11 is 0. The number of hydrogen-bond donors (Lipinski definition) is 0. The molecule has 0 aromatic heterocycles. The molecule has 1 fully saturated rings. The zero-order valence-electron chi connectivity index (χ0n) is 20.2. The third-order valence-electron chi connectivity index (χ3n) is 4.74. The van der Waals surface area contributed by atoms with Gasteiger partial charge < -0.3 is 23.7 Å². The largest absolute Gasteiger partial charge is 0.487 e. The molecule has 5 atom stereocenters. The van der Waals surface area contributed by atoms with E-state index >= 15 is 0 Å². The van der Waals surface area contributed by atoms with Crippen LogP contribution >= 0.6 is 0 Å². The summed E-state index contributed by atoms with van der Waals surface area (Å²) in [6.07, 6.45) is -0.281. The maximum Gasteiger partial charge on any atom is 0.310 e. The van der Waals surface area contributed by atoms with Gasteiger partial charge in [0.05, 0.1) is 23.5 Å². The van der Waals surface area contributed by atoms with Crippen LogP contribution in [0.25, 0.3) is 0 Å². The Morgan fingerprint density at radius 1 is 0.719 bits per heavy atom. The first kappa shape index (κ1) is 27.5. The van der Waals surface area contributed by atoms with E-state index in [4.69, 9.17) is 30.1 Å². The van der Waals surface area contributed by atoms with Gasteiger partial charge in [0.15, 0.2) is 18.3 Å². The lowest BCUT2D eigenvalue weighted by Gasteiger charge is -2.44. The molecule has 0 radical (unpaired) electrons. The van der Waals surface area contributed by atoms with Crippen LogP contribution in [0.1, 0.15) is 55.4 Å². The number of carbonyl (C=O) groups is 3. The molecule has 0 bridgehead atoms. The predicted octanol–water partition coefficient (Wildman–Crippen LogP) is 3.23. The van der Waals surface area contributed by atoms with Crippen LogP contribution in [-0.4, -0.2) is 48.6 Å². The van der Waals surface area contributed by atoms with Crippen molar-refractivity contribution in [2.24, 2.45) is 23.7 Å². The minimum absolute atomic E-state index is 0.0666. The zero-order valence-corrected chi connectivity index (χ0v) is 20.2. The number of hydrogen-bond acceptors (Lipinski definition) is 8. The fraction of sp³-hybridized carbons (Fsp3) is 0.708. The van der Waals surface area contributed by atoms with Crippen molar-refractivity contribution in [3.05, 3.63) is 12.3 Å². The number of allylic oxidation sites excluding steroid dienone is 1. The van der Waals surface area contributed by atoms with Crippen LogP contribution in [0.4, 0.5) is 0 Å². The Balaban J connectivity index is 3.47. The van der Waals surface area contributed by atoms with Gasteiger partial charge in [-0.3, -0.25) is 14.4 Å². The van der Waals surface area contributed by atoms with E-state index in [1.54, 1.807) is 41.5 Å². The lowest BCUT2D eigenvalue weighted by atomic mass is 9.97. The molecule has 0 aliphatic carbocycles. The first-order valence-corrected chi connectivity index (χ1v) is 10.9. The second-order valence-electron chi connectivity index (χ2n) is 9.00. The average molecular weight is 453 g/mol. The quantitative estimate of drug-likeness (QED) is 0.228. The van der Waals surface area contributed by atoms with E-state index in [9.17, 15) is 14.4 Å². The van der Waals surface area contributed by atoms with Crippen LogP contribution < -0.4 is 0 Å². The molecule has 8 nitrogen and oxygen atoms in total. The molecular weight excluding hydrogens is 416 g/mol. The fourth-order valence-electron chi connectivity index (χ4n) is 2.53. The first-order valence-electron chi connectivity index (χ1n) is 10.9. The molecule has 0 unspecified atom stereocenters. The van der Waals surface area contributed by atoms with Crippen LogP contribution in [-0.2, 0) is 38.1 Å². The summed E-state index contributed by atoms with van der Waals surface area (Å²) in [7, 11) is 0. The van der Waals surface area contributed by atoms with Crippen LogP contribution in [0.2, 0.25) is 0 Å². The Hall–Kier alpha value is -2.53. The Kier molecular flexibility index (Phi) is 10.2. The minimum Gasteiger partial charge on any atom is -0.487 e. The first-order chi connectivity index (χ1) is 14.8. The highest BCUT2D eigenvalue weighted by Crippen LogP contribution is 2.32. The summed E-state index contributed by atoms with van der Waals surface area (Å²) in [5.74, 6) is -0.413. The van der Waals surface area contributed by atoms with Gasteiger partial charge in [0.25, 0.3) is 0 Å².